The van der Waals surface area contributed by atoms with Gasteiger partial charge in [-0.2, -0.15) is 0 Å². The number of hydrogen-bond acceptors (Lipinski definition) is 10. The van der Waals surface area contributed by atoms with E-state index >= 15 is 0 Å². The monoisotopic (exact) mass is 989 g/mol. The minimum atomic E-state index is -0.596. The predicted octanol–water partition coefficient (Wildman–Crippen LogP) is 12.6. The molecule has 0 heterocycles. The number of aliphatic hydroxyl groups is 2. The van der Waals surface area contributed by atoms with Crippen molar-refractivity contribution in [3.63, 3.8) is 0 Å². The Morgan fingerprint density at radius 3 is 1.11 bits per heavy atom. The van der Waals surface area contributed by atoms with Crippen LogP contribution in [0, 0.1) is 0 Å². The van der Waals surface area contributed by atoms with Crippen LogP contribution in [0.5, 0.6) is 0 Å². The molecular formula is C64H68N4O6. The fourth-order valence-corrected chi connectivity index (χ4v) is 8.25. The first-order chi connectivity index (χ1) is 35.9. The van der Waals surface area contributed by atoms with Crippen molar-refractivity contribution >= 4 is 34.7 Å². The van der Waals surface area contributed by atoms with E-state index in [1.165, 1.54) is 22.3 Å². The van der Waals surface area contributed by atoms with Gasteiger partial charge in [-0.15, -0.1) is 0 Å². The zero-order chi connectivity index (χ0) is 52.2. The predicted molar refractivity (Wildman–Crippen MR) is 298 cm³/mol. The van der Waals surface area contributed by atoms with E-state index in [-0.39, 0.29) is 11.9 Å². The van der Waals surface area contributed by atoms with Crippen molar-refractivity contribution in [2.75, 3.05) is 34.5 Å². The molecular weight excluding hydrogens is 921 g/mol. The van der Waals surface area contributed by atoms with Gasteiger partial charge in [-0.1, -0.05) is 158 Å². The summed E-state index contributed by atoms with van der Waals surface area (Å²) in [6.07, 6.45) is 3.48. The lowest BCUT2D eigenvalue weighted by Gasteiger charge is -2.26. The average Bonchev–Trinajstić information content (AvgIpc) is 4.38. The van der Waals surface area contributed by atoms with E-state index in [9.17, 15) is 19.8 Å². The number of nitrogens with two attached hydrogens (primary N) is 2. The maximum atomic E-state index is 12.1. The van der Waals surface area contributed by atoms with Crippen molar-refractivity contribution in [3.8, 4) is 0 Å². The molecule has 10 rings (SSSR count). The molecule has 0 atom stereocenters. The quantitative estimate of drug-likeness (QED) is 0.0544. The van der Waals surface area contributed by atoms with Crippen LogP contribution in [0.15, 0.2) is 218 Å². The van der Waals surface area contributed by atoms with E-state index < -0.39 is 11.2 Å². The summed E-state index contributed by atoms with van der Waals surface area (Å²) in [5.74, 6) is -0.612. The number of carbonyl (C=O) groups is 2. The van der Waals surface area contributed by atoms with E-state index in [0.29, 0.717) is 30.0 Å². The fourth-order valence-electron chi connectivity index (χ4n) is 8.25. The van der Waals surface area contributed by atoms with Crippen molar-refractivity contribution in [2.45, 2.75) is 76.9 Å². The molecule has 2 aliphatic carbocycles. The lowest BCUT2D eigenvalue weighted by Crippen LogP contribution is -2.22. The maximum absolute atomic E-state index is 12.1. The van der Waals surface area contributed by atoms with E-state index in [0.717, 1.165) is 80.1 Å². The summed E-state index contributed by atoms with van der Waals surface area (Å²) in [7, 11) is 0. The van der Waals surface area contributed by atoms with Crippen LogP contribution in [0.2, 0.25) is 0 Å². The largest absolute Gasteiger partial charge is 0.462 e. The van der Waals surface area contributed by atoms with E-state index in [1.807, 2.05) is 104 Å². The number of ether oxygens (including phenoxy) is 2. The first kappa shape index (κ1) is 53.6. The Morgan fingerprint density at radius 1 is 0.419 bits per heavy atom. The van der Waals surface area contributed by atoms with Crippen LogP contribution >= 0.6 is 0 Å². The molecule has 0 amide bonds. The van der Waals surface area contributed by atoms with Gasteiger partial charge >= 0.3 is 11.9 Å². The SMILES string of the molecule is CCOC(=O)c1cccc(N(Cc2ccccc2)Cc2ccccc2)c1.CCOC(=O)c1cccc(N)c1.Nc1cccc(C2(O)CC2)c1.OC1(c2cccc(N(Cc3ccccc3)Cc3ccccc3)c2)CC1. The Labute approximate surface area is 436 Å². The molecule has 2 fully saturated rings. The minimum Gasteiger partial charge on any atom is -0.462 e. The van der Waals surface area contributed by atoms with Crippen LogP contribution < -0.4 is 21.3 Å². The Hall–Kier alpha value is -8.18. The summed E-state index contributed by atoms with van der Waals surface area (Å²) in [5, 5.41) is 20.1. The molecule has 0 spiro atoms. The third kappa shape index (κ3) is 16.4. The highest BCUT2D eigenvalue weighted by molar-refractivity contribution is 5.91. The number of benzene rings is 8. The first-order valence-corrected chi connectivity index (χ1v) is 25.3. The Morgan fingerprint density at radius 2 is 0.743 bits per heavy atom. The number of nitrogens with zero attached hydrogens (tertiary/aromatic N) is 2. The van der Waals surface area contributed by atoms with Gasteiger partial charge in [0.15, 0.2) is 0 Å². The van der Waals surface area contributed by atoms with Crippen LogP contribution in [0.1, 0.15) is 93.6 Å². The molecule has 2 saturated carbocycles. The number of anilines is 4. The van der Waals surface area contributed by atoms with Crippen molar-refractivity contribution in [3.05, 3.63) is 263 Å². The Balaban J connectivity index is 0.000000154. The van der Waals surface area contributed by atoms with Crippen LogP contribution in [0.3, 0.4) is 0 Å². The fraction of sp³-hybridized carbons (Fsp3) is 0.219. The third-order valence-electron chi connectivity index (χ3n) is 12.6. The number of carbonyl (C=O) groups excluding carboxylic acids is 2. The van der Waals surface area contributed by atoms with E-state index in [1.54, 1.807) is 37.3 Å². The van der Waals surface area contributed by atoms with Gasteiger partial charge in [0.1, 0.15) is 0 Å². The lowest BCUT2D eigenvalue weighted by atomic mass is 10.1. The van der Waals surface area contributed by atoms with Gasteiger partial charge in [0.25, 0.3) is 0 Å². The summed E-state index contributed by atoms with van der Waals surface area (Å²) >= 11 is 0. The normalized spacial score (nSPS) is 13.1. The van der Waals surface area contributed by atoms with Crippen LogP contribution in [0.4, 0.5) is 22.7 Å². The molecule has 2 aliphatic rings. The molecule has 8 aromatic rings. The van der Waals surface area contributed by atoms with Gasteiger partial charge in [-0.3, -0.25) is 0 Å². The molecule has 0 bridgehead atoms. The van der Waals surface area contributed by atoms with Gasteiger partial charge in [0.2, 0.25) is 0 Å². The number of esters is 2. The van der Waals surface area contributed by atoms with Gasteiger partial charge in [0, 0.05) is 48.9 Å². The van der Waals surface area contributed by atoms with Gasteiger partial charge in [-0.05, 0) is 134 Å². The molecule has 0 unspecified atom stereocenters. The van der Waals surface area contributed by atoms with Crippen molar-refractivity contribution in [1.82, 2.24) is 0 Å². The second-order valence-corrected chi connectivity index (χ2v) is 18.5. The van der Waals surface area contributed by atoms with Crippen molar-refractivity contribution in [1.29, 1.82) is 0 Å². The highest BCUT2D eigenvalue weighted by Crippen LogP contribution is 2.46. The summed E-state index contributed by atoms with van der Waals surface area (Å²) in [6, 6.07) is 72.0. The van der Waals surface area contributed by atoms with Gasteiger partial charge in [0.05, 0.1) is 35.5 Å². The second-order valence-electron chi connectivity index (χ2n) is 18.5. The smallest absolute Gasteiger partial charge is 0.338 e. The summed E-state index contributed by atoms with van der Waals surface area (Å²) in [4.78, 5) is 27.9. The zero-order valence-electron chi connectivity index (χ0n) is 42.4. The summed E-state index contributed by atoms with van der Waals surface area (Å²) < 4.78 is 9.93. The minimum absolute atomic E-state index is 0.284. The van der Waals surface area contributed by atoms with Crippen LogP contribution in [-0.4, -0.2) is 35.4 Å². The topological polar surface area (TPSA) is 152 Å². The maximum Gasteiger partial charge on any atom is 0.338 e. The molecule has 6 N–H and O–H groups in total. The highest BCUT2D eigenvalue weighted by atomic mass is 16.5. The Kier molecular flexibility index (Phi) is 19.2. The summed E-state index contributed by atoms with van der Waals surface area (Å²) in [6.45, 7) is 7.57. The van der Waals surface area contributed by atoms with Gasteiger partial charge in [-0.25, -0.2) is 9.59 Å². The van der Waals surface area contributed by atoms with Crippen LogP contribution in [-0.2, 0) is 46.9 Å². The average molecular weight is 989 g/mol. The molecule has 8 aromatic carbocycles. The molecule has 74 heavy (non-hydrogen) atoms. The highest BCUT2D eigenvalue weighted by Gasteiger charge is 2.42. The molecule has 0 saturated heterocycles. The standard InChI is InChI=1S/C23H23NO2.C23H23NO.C9H11NO2.C9H11NO/c1-2-26-23(25)21-14-9-15-22(16-21)24(17-19-10-5-3-6-11-19)18-20-12-7-4-8-13-20;25-23(14-15-23)21-12-7-13-22(16-21)24(17-19-8-3-1-4-9-19)18-20-10-5-2-6-11-20;1-2-12-9(11)7-4-3-5-8(10)6-7;10-8-3-1-2-7(6-8)9(11)4-5-9/h3-16H,2,17-18H2,1H3;1-13,16,25H,14-15,17-18H2;3-6H,2,10H2,1H3;1-3,6,11H,4-5,10H2. The van der Waals surface area contributed by atoms with Crippen molar-refractivity contribution in [2.24, 2.45) is 0 Å². The zero-order valence-corrected chi connectivity index (χ0v) is 42.4. The van der Waals surface area contributed by atoms with Crippen molar-refractivity contribution < 1.29 is 29.3 Å². The number of rotatable bonds is 16. The lowest BCUT2D eigenvalue weighted by molar-refractivity contribution is 0.0517. The van der Waals surface area contributed by atoms with E-state index in [2.05, 4.69) is 101 Å². The van der Waals surface area contributed by atoms with Crippen LogP contribution in [0.25, 0.3) is 0 Å². The third-order valence-corrected chi connectivity index (χ3v) is 12.6. The van der Waals surface area contributed by atoms with E-state index in [4.69, 9.17) is 20.9 Å². The molecule has 0 aliphatic heterocycles. The van der Waals surface area contributed by atoms with Gasteiger partial charge < -0.3 is 41.0 Å². The molecule has 380 valence electrons. The second kappa shape index (κ2) is 26.5. The molecule has 10 heteroatoms. The molecule has 0 radical (unpaired) electrons. The Bertz CT molecular complexity index is 2900. The summed E-state index contributed by atoms with van der Waals surface area (Å²) in [5.41, 5.74) is 21.5. The first-order valence-electron chi connectivity index (χ1n) is 25.3. The number of hydrogen-bond donors (Lipinski definition) is 4. The molecule has 0 aromatic heterocycles. The molecule has 10 nitrogen and oxygen atoms in total. The number of nitrogen functional groups attached to an aromatic ring is 2.